The molecule has 2 unspecified atom stereocenters. The summed E-state index contributed by atoms with van der Waals surface area (Å²) in [5, 5.41) is 0.0176. The molecule has 26 heavy (non-hydrogen) atoms. The second-order valence-electron chi connectivity index (χ2n) is 6.11. The highest BCUT2D eigenvalue weighted by Crippen LogP contribution is 2.22. The SMILES string of the molecule is C=CCC(C)[S+]([O-])N(Cc1ccc(OC)cc1)Cc1ccc(OC)cc1. The molecule has 0 heterocycles. The second kappa shape index (κ2) is 10.3. The monoisotopic (exact) mass is 373 g/mol. The summed E-state index contributed by atoms with van der Waals surface area (Å²) < 4.78 is 25.5. The van der Waals surface area contributed by atoms with Crippen LogP contribution in [0.1, 0.15) is 24.5 Å². The minimum atomic E-state index is -1.12. The molecular formula is C21H27NO3S. The van der Waals surface area contributed by atoms with Gasteiger partial charge >= 0.3 is 0 Å². The normalized spacial score (nSPS) is 13.3. The Hall–Kier alpha value is -1.95. The average Bonchev–Trinajstić information content (AvgIpc) is 2.68. The first-order valence-electron chi connectivity index (χ1n) is 8.59. The minimum Gasteiger partial charge on any atom is -0.598 e. The fraction of sp³-hybridized carbons (Fsp3) is 0.333. The van der Waals surface area contributed by atoms with Gasteiger partial charge in [0.05, 0.1) is 27.3 Å². The van der Waals surface area contributed by atoms with E-state index in [1.54, 1.807) is 14.2 Å². The molecule has 2 rings (SSSR count). The van der Waals surface area contributed by atoms with Crippen molar-refractivity contribution in [3.05, 3.63) is 72.3 Å². The Morgan fingerprint density at radius 3 is 1.73 bits per heavy atom. The first-order valence-corrected chi connectivity index (χ1v) is 9.76. The fourth-order valence-corrected chi connectivity index (χ4v) is 3.99. The minimum absolute atomic E-state index is 0.0176. The van der Waals surface area contributed by atoms with E-state index in [1.807, 2.05) is 65.8 Å². The van der Waals surface area contributed by atoms with Gasteiger partial charge in [0.2, 0.25) is 0 Å². The number of allylic oxidation sites excluding steroid dienone is 1. The standard InChI is InChI=1S/C21H27NO3S/c1-5-6-17(2)26(23)22(15-18-7-11-20(24-3)12-8-18)16-19-9-13-21(25-4)14-10-19/h5,7-14,17H,1,6,15-16H2,2-4H3. The van der Waals surface area contributed by atoms with E-state index in [2.05, 4.69) is 6.58 Å². The molecule has 0 aliphatic heterocycles. The molecule has 0 radical (unpaired) electrons. The van der Waals surface area contributed by atoms with E-state index in [9.17, 15) is 4.55 Å². The van der Waals surface area contributed by atoms with Crippen LogP contribution in [0, 0.1) is 0 Å². The lowest BCUT2D eigenvalue weighted by Crippen LogP contribution is -2.36. The molecule has 0 saturated carbocycles. The van der Waals surface area contributed by atoms with Crippen LogP contribution in [-0.4, -0.2) is 28.3 Å². The molecule has 0 saturated heterocycles. The zero-order valence-electron chi connectivity index (χ0n) is 15.7. The maximum absolute atomic E-state index is 13.0. The fourth-order valence-electron chi connectivity index (χ4n) is 2.62. The third kappa shape index (κ3) is 5.80. The van der Waals surface area contributed by atoms with Crippen LogP contribution in [0.4, 0.5) is 0 Å². The number of benzene rings is 2. The summed E-state index contributed by atoms with van der Waals surface area (Å²) in [5.74, 6) is 1.63. The van der Waals surface area contributed by atoms with Gasteiger partial charge < -0.3 is 14.0 Å². The zero-order valence-corrected chi connectivity index (χ0v) is 16.5. The molecule has 0 N–H and O–H groups in total. The maximum atomic E-state index is 13.0. The number of ether oxygens (including phenoxy) is 2. The van der Waals surface area contributed by atoms with Crippen LogP contribution in [0.2, 0.25) is 0 Å². The molecule has 2 aromatic carbocycles. The maximum Gasteiger partial charge on any atom is 0.136 e. The molecule has 5 heteroatoms. The molecule has 0 bridgehead atoms. The van der Waals surface area contributed by atoms with E-state index in [1.165, 1.54) is 0 Å². The number of nitrogens with zero attached hydrogens (tertiary/aromatic N) is 1. The van der Waals surface area contributed by atoms with Crippen molar-refractivity contribution in [1.29, 1.82) is 0 Å². The lowest BCUT2D eigenvalue weighted by molar-refractivity contribution is 0.392. The molecule has 0 aliphatic carbocycles. The Morgan fingerprint density at radius 2 is 1.38 bits per heavy atom. The van der Waals surface area contributed by atoms with Crippen molar-refractivity contribution >= 4 is 11.4 Å². The average molecular weight is 374 g/mol. The molecule has 2 aromatic rings. The van der Waals surface area contributed by atoms with E-state index in [4.69, 9.17) is 9.47 Å². The molecule has 0 fully saturated rings. The van der Waals surface area contributed by atoms with Crippen LogP contribution >= 0.6 is 0 Å². The van der Waals surface area contributed by atoms with Crippen molar-refractivity contribution in [3.63, 3.8) is 0 Å². The smallest absolute Gasteiger partial charge is 0.136 e. The topological polar surface area (TPSA) is 44.8 Å². The summed E-state index contributed by atoms with van der Waals surface area (Å²) >= 11 is -1.12. The van der Waals surface area contributed by atoms with Gasteiger partial charge in [0, 0.05) is 17.8 Å². The van der Waals surface area contributed by atoms with Gasteiger partial charge in [0.1, 0.15) is 16.7 Å². The Morgan fingerprint density at radius 1 is 0.962 bits per heavy atom. The van der Waals surface area contributed by atoms with Crippen LogP contribution in [-0.2, 0) is 24.5 Å². The first-order chi connectivity index (χ1) is 12.6. The molecule has 0 amide bonds. The summed E-state index contributed by atoms with van der Waals surface area (Å²) in [6, 6.07) is 15.7. The quantitative estimate of drug-likeness (QED) is 0.459. The van der Waals surface area contributed by atoms with Crippen molar-refractivity contribution < 1.29 is 14.0 Å². The van der Waals surface area contributed by atoms with Gasteiger partial charge in [-0.05, 0) is 42.3 Å². The molecule has 0 aliphatic rings. The highest BCUT2D eigenvalue weighted by molar-refractivity contribution is 7.89. The van der Waals surface area contributed by atoms with Gasteiger partial charge in [-0.15, -0.1) is 10.9 Å². The van der Waals surface area contributed by atoms with Gasteiger partial charge in [-0.25, -0.2) is 0 Å². The largest absolute Gasteiger partial charge is 0.598 e. The van der Waals surface area contributed by atoms with Crippen LogP contribution in [0.25, 0.3) is 0 Å². The predicted molar refractivity (Wildman–Crippen MR) is 108 cm³/mol. The Labute approximate surface area is 159 Å². The van der Waals surface area contributed by atoms with Gasteiger partial charge in [0.15, 0.2) is 0 Å². The van der Waals surface area contributed by atoms with Crippen LogP contribution in [0.5, 0.6) is 11.5 Å². The highest BCUT2D eigenvalue weighted by Gasteiger charge is 2.26. The summed E-state index contributed by atoms with van der Waals surface area (Å²) in [5.41, 5.74) is 2.19. The number of hydrogen-bond donors (Lipinski definition) is 0. The summed E-state index contributed by atoms with van der Waals surface area (Å²) in [4.78, 5) is 0. The summed E-state index contributed by atoms with van der Waals surface area (Å²) in [6.45, 7) is 6.96. The molecular weight excluding hydrogens is 346 g/mol. The van der Waals surface area contributed by atoms with E-state index < -0.39 is 11.4 Å². The van der Waals surface area contributed by atoms with E-state index in [-0.39, 0.29) is 5.25 Å². The van der Waals surface area contributed by atoms with Crippen LogP contribution < -0.4 is 9.47 Å². The Bertz CT molecular complexity index is 623. The number of methoxy groups -OCH3 is 2. The van der Waals surface area contributed by atoms with Crippen molar-refractivity contribution in [2.75, 3.05) is 14.2 Å². The van der Waals surface area contributed by atoms with E-state index >= 15 is 0 Å². The predicted octanol–water partition coefficient (Wildman–Crippen LogP) is 4.33. The molecule has 0 spiro atoms. The van der Waals surface area contributed by atoms with Crippen molar-refractivity contribution in [2.24, 2.45) is 0 Å². The highest BCUT2D eigenvalue weighted by atomic mass is 32.2. The summed E-state index contributed by atoms with van der Waals surface area (Å²) in [6.07, 6.45) is 2.54. The van der Waals surface area contributed by atoms with Gasteiger partial charge in [0.25, 0.3) is 0 Å². The number of hydrogen-bond acceptors (Lipinski definition) is 4. The molecule has 4 nitrogen and oxygen atoms in total. The van der Waals surface area contributed by atoms with Gasteiger partial charge in [-0.2, -0.15) is 0 Å². The second-order valence-corrected chi connectivity index (χ2v) is 7.98. The van der Waals surface area contributed by atoms with E-state index in [0.717, 1.165) is 22.6 Å². The lowest BCUT2D eigenvalue weighted by atomic mass is 10.2. The lowest BCUT2D eigenvalue weighted by Gasteiger charge is -2.28. The first kappa shape index (κ1) is 20.4. The van der Waals surface area contributed by atoms with Gasteiger partial charge in [-0.1, -0.05) is 30.3 Å². The molecule has 2 atom stereocenters. The third-order valence-electron chi connectivity index (χ3n) is 4.13. The molecule has 0 aromatic heterocycles. The Kier molecular flexibility index (Phi) is 8.04. The Balaban J connectivity index is 2.17. The van der Waals surface area contributed by atoms with Crippen LogP contribution in [0.3, 0.4) is 0 Å². The zero-order chi connectivity index (χ0) is 18.9. The van der Waals surface area contributed by atoms with Crippen molar-refractivity contribution in [1.82, 2.24) is 4.31 Å². The van der Waals surface area contributed by atoms with Crippen LogP contribution in [0.15, 0.2) is 61.2 Å². The number of rotatable bonds is 10. The third-order valence-corrected chi connectivity index (χ3v) is 5.78. The van der Waals surface area contributed by atoms with Crippen molar-refractivity contribution in [3.8, 4) is 11.5 Å². The van der Waals surface area contributed by atoms with Gasteiger partial charge in [-0.3, -0.25) is 0 Å². The van der Waals surface area contributed by atoms with Crippen molar-refractivity contribution in [2.45, 2.75) is 31.7 Å². The summed E-state index contributed by atoms with van der Waals surface area (Å²) in [7, 11) is 3.30. The molecule has 140 valence electrons. The van der Waals surface area contributed by atoms with E-state index in [0.29, 0.717) is 19.5 Å².